The van der Waals surface area contributed by atoms with E-state index in [1.807, 2.05) is 0 Å². The molecule has 0 saturated heterocycles. The molecule has 0 atom stereocenters. The molecular weight excluding hydrogens is 210 g/mol. The molecule has 0 heterocycles. The van der Waals surface area contributed by atoms with Crippen LogP contribution in [-0.4, -0.2) is 5.78 Å². The predicted octanol–water partition coefficient (Wildman–Crippen LogP) is 3.38. The summed E-state index contributed by atoms with van der Waals surface area (Å²) in [4.78, 5) is 11.3. The van der Waals surface area contributed by atoms with Crippen LogP contribution in [0.2, 0.25) is 5.02 Å². The highest BCUT2D eigenvalue weighted by atomic mass is 35.5. The largest absolute Gasteiger partial charge is 0.289 e. The van der Waals surface area contributed by atoms with E-state index in [1.165, 1.54) is 6.08 Å². The van der Waals surface area contributed by atoms with Gasteiger partial charge in [-0.15, -0.1) is 0 Å². The molecule has 0 aliphatic heterocycles. The normalized spacial score (nSPS) is 10.9. The molecule has 0 aliphatic carbocycles. The monoisotopic (exact) mass is 216 g/mol. The predicted molar refractivity (Wildman–Crippen MR) is 50.5 cm³/mol. The zero-order valence-corrected chi connectivity index (χ0v) is 8.11. The second-order valence-electron chi connectivity index (χ2n) is 2.58. The summed E-state index contributed by atoms with van der Waals surface area (Å²) in [5, 5.41) is -0.0907. The van der Waals surface area contributed by atoms with Gasteiger partial charge in [0.25, 0.3) is 0 Å². The second-order valence-corrected chi connectivity index (χ2v) is 2.99. The van der Waals surface area contributed by atoms with Crippen molar-refractivity contribution >= 4 is 17.4 Å². The maximum absolute atomic E-state index is 13.1. The molecule has 0 fully saturated rings. The maximum Gasteiger partial charge on any atom is 0.190 e. The molecule has 0 aromatic heterocycles. The molecular formula is C10H7ClF2O. The Morgan fingerprint density at radius 2 is 2.07 bits per heavy atom. The van der Waals surface area contributed by atoms with Crippen molar-refractivity contribution in [1.29, 1.82) is 0 Å². The molecule has 4 heteroatoms. The van der Waals surface area contributed by atoms with Crippen LogP contribution in [0.15, 0.2) is 24.3 Å². The molecule has 0 bridgehead atoms. The third-order valence-corrected chi connectivity index (χ3v) is 1.92. The average molecular weight is 217 g/mol. The molecule has 1 aromatic carbocycles. The van der Waals surface area contributed by atoms with E-state index in [1.54, 1.807) is 6.92 Å². The summed E-state index contributed by atoms with van der Waals surface area (Å²) >= 11 is 5.57. The number of carbonyl (C=O) groups is 1. The van der Waals surface area contributed by atoms with E-state index in [0.29, 0.717) is 0 Å². The highest BCUT2D eigenvalue weighted by Gasteiger charge is 2.17. The van der Waals surface area contributed by atoms with Gasteiger partial charge in [-0.2, -0.15) is 0 Å². The number of ketones is 1. The van der Waals surface area contributed by atoms with Crippen LogP contribution < -0.4 is 0 Å². The minimum atomic E-state index is -1.21. The van der Waals surface area contributed by atoms with Crippen LogP contribution in [-0.2, 0) is 0 Å². The van der Waals surface area contributed by atoms with E-state index >= 15 is 0 Å². The Balaban J connectivity index is 3.32. The Hall–Kier alpha value is -1.22. The third-order valence-electron chi connectivity index (χ3n) is 1.61. The van der Waals surface area contributed by atoms with Crippen LogP contribution in [0.4, 0.5) is 8.78 Å². The molecule has 1 aromatic rings. The first kappa shape index (κ1) is 10.9. The SMILES string of the molecule is C/C=C/C(=O)c1c(Cl)ccc(F)c1F. The van der Waals surface area contributed by atoms with Crippen LogP contribution in [0.3, 0.4) is 0 Å². The summed E-state index contributed by atoms with van der Waals surface area (Å²) in [6.07, 6.45) is 2.56. The minimum absolute atomic E-state index is 0.0907. The van der Waals surface area contributed by atoms with Gasteiger partial charge in [-0.05, 0) is 25.1 Å². The number of benzene rings is 1. The first-order valence-corrected chi connectivity index (χ1v) is 4.26. The fourth-order valence-electron chi connectivity index (χ4n) is 0.988. The topological polar surface area (TPSA) is 17.1 Å². The number of rotatable bonds is 2. The zero-order chi connectivity index (χ0) is 10.7. The fourth-order valence-corrected chi connectivity index (χ4v) is 1.23. The summed E-state index contributed by atoms with van der Waals surface area (Å²) in [6, 6.07) is 2.03. The highest BCUT2D eigenvalue weighted by molar-refractivity contribution is 6.34. The molecule has 74 valence electrons. The quantitative estimate of drug-likeness (QED) is 0.421. The molecule has 0 aliphatic rings. The van der Waals surface area contributed by atoms with E-state index in [4.69, 9.17) is 11.6 Å². The summed E-state index contributed by atoms with van der Waals surface area (Å²) in [6.45, 7) is 1.60. The Kier molecular flexibility index (Phi) is 3.36. The van der Waals surface area contributed by atoms with Gasteiger partial charge in [-0.1, -0.05) is 17.7 Å². The molecule has 0 unspecified atom stereocenters. The molecule has 1 nitrogen and oxygen atoms in total. The molecule has 0 amide bonds. The van der Waals surface area contributed by atoms with Crippen molar-refractivity contribution in [3.63, 3.8) is 0 Å². The van der Waals surface area contributed by atoms with Gasteiger partial charge < -0.3 is 0 Å². The lowest BCUT2D eigenvalue weighted by atomic mass is 10.1. The smallest absolute Gasteiger partial charge is 0.190 e. The summed E-state index contributed by atoms with van der Waals surface area (Å²) in [5.41, 5.74) is -0.426. The Morgan fingerprint density at radius 3 is 2.64 bits per heavy atom. The molecule has 0 saturated carbocycles. The third kappa shape index (κ3) is 1.99. The number of carbonyl (C=O) groups excluding carboxylic acids is 1. The van der Waals surface area contributed by atoms with E-state index in [2.05, 4.69) is 0 Å². The van der Waals surface area contributed by atoms with Crippen LogP contribution in [0.5, 0.6) is 0 Å². The average Bonchev–Trinajstić information content (AvgIpc) is 2.13. The van der Waals surface area contributed by atoms with Crippen molar-refractivity contribution < 1.29 is 13.6 Å². The van der Waals surface area contributed by atoms with E-state index in [9.17, 15) is 13.6 Å². The van der Waals surface area contributed by atoms with Crippen LogP contribution in [0.25, 0.3) is 0 Å². The van der Waals surface area contributed by atoms with Gasteiger partial charge in [0.05, 0.1) is 10.6 Å². The van der Waals surface area contributed by atoms with Gasteiger partial charge in [0.2, 0.25) is 0 Å². The summed E-state index contributed by atoms with van der Waals surface area (Å²) in [5.74, 6) is -2.93. The minimum Gasteiger partial charge on any atom is -0.289 e. The van der Waals surface area contributed by atoms with Crippen molar-refractivity contribution in [2.45, 2.75) is 6.92 Å². The van der Waals surface area contributed by atoms with Gasteiger partial charge in [-0.25, -0.2) is 8.78 Å². The van der Waals surface area contributed by atoms with Crippen molar-refractivity contribution in [3.8, 4) is 0 Å². The number of hydrogen-bond acceptors (Lipinski definition) is 1. The van der Waals surface area contributed by atoms with Crippen LogP contribution in [0, 0.1) is 11.6 Å². The summed E-state index contributed by atoms with van der Waals surface area (Å²) < 4.78 is 25.9. The maximum atomic E-state index is 13.1. The Labute approximate surface area is 85.0 Å². The van der Waals surface area contributed by atoms with Gasteiger partial charge in [0.1, 0.15) is 0 Å². The zero-order valence-electron chi connectivity index (χ0n) is 7.35. The molecule has 0 N–H and O–H groups in total. The van der Waals surface area contributed by atoms with Crippen molar-refractivity contribution in [2.24, 2.45) is 0 Å². The molecule has 0 spiro atoms. The number of hydrogen-bond donors (Lipinski definition) is 0. The van der Waals surface area contributed by atoms with Gasteiger partial charge in [0, 0.05) is 0 Å². The number of allylic oxidation sites excluding steroid dienone is 2. The van der Waals surface area contributed by atoms with Crippen LogP contribution in [0.1, 0.15) is 17.3 Å². The number of halogens is 3. The van der Waals surface area contributed by atoms with Crippen molar-refractivity contribution in [3.05, 3.63) is 46.5 Å². The van der Waals surface area contributed by atoms with Crippen molar-refractivity contribution in [2.75, 3.05) is 0 Å². The van der Waals surface area contributed by atoms with Gasteiger partial charge in [0.15, 0.2) is 17.4 Å². The highest BCUT2D eigenvalue weighted by Crippen LogP contribution is 2.22. The molecule has 0 radical (unpaired) electrons. The lowest BCUT2D eigenvalue weighted by molar-refractivity contribution is 0.104. The Morgan fingerprint density at radius 1 is 1.43 bits per heavy atom. The van der Waals surface area contributed by atoms with Gasteiger partial charge >= 0.3 is 0 Å². The molecule has 14 heavy (non-hydrogen) atoms. The van der Waals surface area contributed by atoms with Crippen LogP contribution >= 0.6 is 11.6 Å². The first-order valence-electron chi connectivity index (χ1n) is 3.88. The second kappa shape index (κ2) is 4.33. The molecule has 1 rings (SSSR count). The lowest BCUT2D eigenvalue weighted by Gasteiger charge is -2.02. The summed E-state index contributed by atoms with van der Waals surface area (Å²) in [7, 11) is 0. The lowest BCUT2D eigenvalue weighted by Crippen LogP contribution is -2.02. The van der Waals surface area contributed by atoms with Crippen molar-refractivity contribution in [1.82, 2.24) is 0 Å². The first-order chi connectivity index (χ1) is 6.57. The van der Waals surface area contributed by atoms with Gasteiger partial charge in [-0.3, -0.25) is 4.79 Å². The standard InChI is InChI=1S/C10H7ClF2O/c1-2-3-8(14)9-6(11)4-5-7(12)10(9)13/h2-5H,1H3/b3-2+. The van der Waals surface area contributed by atoms with E-state index < -0.39 is 23.0 Å². The fraction of sp³-hybridized carbons (Fsp3) is 0.100. The Bertz CT molecular complexity index is 399. The van der Waals surface area contributed by atoms with E-state index in [-0.39, 0.29) is 5.02 Å². The van der Waals surface area contributed by atoms with E-state index in [0.717, 1.165) is 18.2 Å².